The fraction of sp³-hybridized carbons (Fsp3) is 0.200. The average molecular weight is 380 g/mol. The molecule has 0 saturated heterocycles. The van der Waals surface area contributed by atoms with Crippen molar-refractivity contribution in [1.29, 1.82) is 0 Å². The van der Waals surface area contributed by atoms with Gasteiger partial charge in [-0.15, -0.1) is 0 Å². The third kappa shape index (κ3) is 4.22. The molecule has 0 aliphatic heterocycles. The summed E-state index contributed by atoms with van der Waals surface area (Å²) in [5.41, 5.74) is 0.560. The van der Waals surface area contributed by atoms with Crippen molar-refractivity contribution in [3.8, 4) is 0 Å². The van der Waals surface area contributed by atoms with Crippen molar-refractivity contribution in [2.24, 2.45) is 0 Å². The van der Waals surface area contributed by atoms with E-state index in [0.29, 0.717) is 20.6 Å². The molecule has 0 fully saturated rings. The van der Waals surface area contributed by atoms with Gasteiger partial charge >= 0.3 is 6.18 Å². The molecule has 6 heteroatoms. The lowest BCUT2D eigenvalue weighted by Crippen LogP contribution is -2.06. The van der Waals surface area contributed by atoms with Crippen molar-refractivity contribution in [1.82, 2.24) is 0 Å². The maximum Gasteiger partial charge on any atom is 0.416 e. The zero-order valence-electron chi connectivity index (χ0n) is 10.7. The van der Waals surface area contributed by atoms with Crippen molar-refractivity contribution in [2.45, 2.75) is 18.7 Å². The zero-order chi connectivity index (χ0) is 15.6. The second kappa shape index (κ2) is 6.38. The van der Waals surface area contributed by atoms with E-state index in [1.54, 1.807) is 18.2 Å². The monoisotopic (exact) mass is 378 g/mol. The Morgan fingerprint density at radius 2 is 1.71 bits per heavy atom. The van der Waals surface area contributed by atoms with Crippen LogP contribution in [0.1, 0.15) is 22.8 Å². The first-order valence-corrected chi connectivity index (χ1v) is 7.23. The third-order valence-electron chi connectivity index (χ3n) is 3.03. The average Bonchev–Trinajstić information content (AvgIpc) is 2.38. The molecule has 2 rings (SSSR count). The van der Waals surface area contributed by atoms with E-state index >= 15 is 0 Å². The minimum atomic E-state index is -4.35. The second-order valence-electron chi connectivity index (χ2n) is 4.58. The van der Waals surface area contributed by atoms with Gasteiger partial charge in [0.25, 0.3) is 0 Å². The van der Waals surface area contributed by atoms with E-state index in [0.717, 1.165) is 12.1 Å². The predicted molar refractivity (Wildman–Crippen MR) is 79.3 cm³/mol. The fourth-order valence-corrected chi connectivity index (χ4v) is 2.88. The standard InChI is InChI=1S/C15H11BrClF3O/c16-13-8-11(17)5-6-12(13)14(21)7-9-1-3-10(4-2-9)15(18,19)20/h1-6,8,14,21H,7H2. The van der Waals surface area contributed by atoms with E-state index in [1.807, 2.05) is 0 Å². The molecule has 1 atom stereocenters. The van der Waals surface area contributed by atoms with Gasteiger partial charge in [0.15, 0.2) is 0 Å². The van der Waals surface area contributed by atoms with E-state index in [9.17, 15) is 18.3 Å². The first-order chi connectivity index (χ1) is 9.77. The smallest absolute Gasteiger partial charge is 0.388 e. The van der Waals surface area contributed by atoms with Gasteiger partial charge in [-0.05, 0) is 35.4 Å². The number of alkyl halides is 3. The Balaban J connectivity index is 2.14. The molecule has 0 amide bonds. The van der Waals surface area contributed by atoms with Gasteiger partial charge in [-0.1, -0.05) is 45.7 Å². The maximum atomic E-state index is 12.5. The summed E-state index contributed by atoms with van der Waals surface area (Å²) >= 11 is 9.13. The lowest BCUT2D eigenvalue weighted by Gasteiger charge is -2.14. The SMILES string of the molecule is OC(Cc1ccc(C(F)(F)F)cc1)c1ccc(Cl)cc1Br. The van der Waals surface area contributed by atoms with Crippen LogP contribution in [-0.2, 0) is 12.6 Å². The predicted octanol–water partition coefficient (Wildman–Crippen LogP) is 5.40. The molecule has 0 aromatic heterocycles. The van der Waals surface area contributed by atoms with E-state index in [4.69, 9.17) is 11.6 Å². The number of benzene rings is 2. The molecule has 0 bridgehead atoms. The maximum absolute atomic E-state index is 12.5. The highest BCUT2D eigenvalue weighted by Gasteiger charge is 2.30. The number of hydrogen-bond donors (Lipinski definition) is 1. The Hall–Kier alpha value is -1.04. The summed E-state index contributed by atoms with van der Waals surface area (Å²) in [4.78, 5) is 0. The Labute approximate surface area is 133 Å². The van der Waals surface area contributed by atoms with Crippen LogP contribution in [0.5, 0.6) is 0 Å². The molecule has 1 nitrogen and oxygen atoms in total. The van der Waals surface area contributed by atoms with Crippen LogP contribution in [0.2, 0.25) is 5.02 Å². The van der Waals surface area contributed by atoms with Crippen molar-refractivity contribution in [3.05, 3.63) is 68.7 Å². The minimum Gasteiger partial charge on any atom is -0.388 e. The summed E-state index contributed by atoms with van der Waals surface area (Å²) in [6.07, 6.45) is -4.96. The normalized spacial score (nSPS) is 13.2. The summed E-state index contributed by atoms with van der Waals surface area (Å²) in [7, 11) is 0. The second-order valence-corrected chi connectivity index (χ2v) is 5.87. The van der Waals surface area contributed by atoms with Crippen LogP contribution >= 0.6 is 27.5 Å². The van der Waals surface area contributed by atoms with Crippen molar-refractivity contribution in [2.75, 3.05) is 0 Å². The topological polar surface area (TPSA) is 20.2 Å². The molecule has 21 heavy (non-hydrogen) atoms. The minimum absolute atomic E-state index is 0.221. The third-order valence-corrected chi connectivity index (χ3v) is 3.95. The molecular weight excluding hydrogens is 369 g/mol. The Bertz CT molecular complexity index is 626. The highest BCUT2D eigenvalue weighted by Crippen LogP contribution is 2.31. The number of hydrogen-bond acceptors (Lipinski definition) is 1. The Morgan fingerprint density at radius 1 is 1.10 bits per heavy atom. The van der Waals surface area contributed by atoms with E-state index in [2.05, 4.69) is 15.9 Å². The Morgan fingerprint density at radius 3 is 2.24 bits per heavy atom. The summed E-state index contributed by atoms with van der Waals surface area (Å²) in [6, 6.07) is 9.76. The molecule has 0 spiro atoms. The van der Waals surface area contributed by atoms with Gasteiger partial charge in [-0.2, -0.15) is 13.2 Å². The van der Waals surface area contributed by atoms with E-state index < -0.39 is 17.8 Å². The molecular formula is C15H11BrClF3O. The molecule has 0 heterocycles. The summed E-state index contributed by atoms with van der Waals surface area (Å²) in [6.45, 7) is 0. The number of rotatable bonds is 3. The molecule has 2 aromatic carbocycles. The number of aliphatic hydroxyl groups is 1. The van der Waals surface area contributed by atoms with Gasteiger partial charge < -0.3 is 5.11 Å². The van der Waals surface area contributed by atoms with Crippen LogP contribution in [0.25, 0.3) is 0 Å². The van der Waals surface area contributed by atoms with Crippen LogP contribution in [0.4, 0.5) is 13.2 Å². The fourth-order valence-electron chi connectivity index (χ4n) is 1.93. The lowest BCUT2D eigenvalue weighted by molar-refractivity contribution is -0.137. The van der Waals surface area contributed by atoms with Crippen molar-refractivity contribution in [3.63, 3.8) is 0 Å². The summed E-state index contributed by atoms with van der Waals surface area (Å²) < 4.78 is 38.1. The highest BCUT2D eigenvalue weighted by atomic mass is 79.9. The summed E-state index contributed by atoms with van der Waals surface area (Å²) in [5.74, 6) is 0. The molecule has 0 saturated carbocycles. The van der Waals surface area contributed by atoms with Gasteiger partial charge in [0.1, 0.15) is 0 Å². The molecule has 0 aliphatic rings. The van der Waals surface area contributed by atoms with Gasteiger partial charge in [0.2, 0.25) is 0 Å². The van der Waals surface area contributed by atoms with Gasteiger partial charge in [0, 0.05) is 15.9 Å². The molecule has 2 aromatic rings. The molecule has 1 N–H and O–H groups in total. The van der Waals surface area contributed by atoms with Gasteiger partial charge in [-0.3, -0.25) is 0 Å². The van der Waals surface area contributed by atoms with Crippen LogP contribution in [0.3, 0.4) is 0 Å². The summed E-state index contributed by atoms with van der Waals surface area (Å²) in [5, 5.41) is 10.7. The molecule has 112 valence electrons. The largest absolute Gasteiger partial charge is 0.416 e. The van der Waals surface area contributed by atoms with Gasteiger partial charge in [0.05, 0.1) is 11.7 Å². The first-order valence-electron chi connectivity index (χ1n) is 6.06. The zero-order valence-corrected chi connectivity index (χ0v) is 13.0. The lowest BCUT2D eigenvalue weighted by atomic mass is 10.0. The van der Waals surface area contributed by atoms with E-state index in [-0.39, 0.29) is 6.42 Å². The number of halogens is 5. The molecule has 0 radical (unpaired) electrons. The van der Waals surface area contributed by atoms with Crippen LogP contribution < -0.4 is 0 Å². The van der Waals surface area contributed by atoms with Crippen molar-refractivity contribution < 1.29 is 18.3 Å². The van der Waals surface area contributed by atoms with Crippen LogP contribution in [0.15, 0.2) is 46.9 Å². The molecule has 1 unspecified atom stereocenters. The van der Waals surface area contributed by atoms with Crippen molar-refractivity contribution >= 4 is 27.5 Å². The van der Waals surface area contributed by atoms with Crippen LogP contribution in [0, 0.1) is 0 Å². The number of aliphatic hydroxyl groups excluding tert-OH is 1. The first kappa shape index (κ1) is 16.3. The van der Waals surface area contributed by atoms with E-state index in [1.165, 1.54) is 12.1 Å². The highest BCUT2D eigenvalue weighted by molar-refractivity contribution is 9.10. The Kier molecular flexibility index (Phi) is 4.96. The molecule has 0 aliphatic carbocycles. The van der Waals surface area contributed by atoms with Crippen LogP contribution in [-0.4, -0.2) is 5.11 Å². The van der Waals surface area contributed by atoms with Gasteiger partial charge in [-0.25, -0.2) is 0 Å². The quantitative estimate of drug-likeness (QED) is 0.757.